The minimum absolute atomic E-state index is 0.170. The van der Waals surface area contributed by atoms with Crippen LogP contribution in [0, 0.1) is 5.92 Å². The summed E-state index contributed by atoms with van der Waals surface area (Å²) in [6.45, 7) is 0.786. The zero-order valence-corrected chi connectivity index (χ0v) is 7.86. The summed E-state index contributed by atoms with van der Waals surface area (Å²) in [7, 11) is 0. The largest absolute Gasteiger partial charge is 0.365 e. The SMILES string of the molecule is NC1CC(CNc2ncc[nH]c2=O)C1. The van der Waals surface area contributed by atoms with Crippen molar-refractivity contribution in [2.24, 2.45) is 11.7 Å². The van der Waals surface area contributed by atoms with Crippen LogP contribution in [0.1, 0.15) is 12.8 Å². The van der Waals surface area contributed by atoms with Crippen LogP contribution in [0.2, 0.25) is 0 Å². The molecule has 1 aliphatic carbocycles. The zero-order valence-electron chi connectivity index (χ0n) is 7.86. The van der Waals surface area contributed by atoms with Gasteiger partial charge < -0.3 is 16.0 Å². The first kappa shape index (κ1) is 9.21. The summed E-state index contributed by atoms with van der Waals surface area (Å²) in [5.41, 5.74) is 5.49. The first-order valence-electron chi connectivity index (χ1n) is 4.79. The third-order valence-corrected chi connectivity index (χ3v) is 2.54. The number of hydrogen-bond acceptors (Lipinski definition) is 4. The van der Waals surface area contributed by atoms with Gasteiger partial charge in [0.05, 0.1) is 0 Å². The third-order valence-electron chi connectivity index (χ3n) is 2.54. The molecule has 0 unspecified atom stereocenters. The molecule has 0 spiro atoms. The number of anilines is 1. The number of nitrogens with one attached hydrogen (secondary N) is 2. The normalized spacial score (nSPS) is 25.5. The molecule has 1 fully saturated rings. The smallest absolute Gasteiger partial charge is 0.290 e. The fourth-order valence-electron chi connectivity index (χ4n) is 1.67. The fourth-order valence-corrected chi connectivity index (χ4v) is 1.67. The molecule has 5 nitrogen and oxygen atoms in total. The maximum absolute atomic E-state index is 11.2. The van der Waals surface area contributed by atoms with E-state index in [1.165, 1.54) is 6.20 Å². The Morgan fingerprint density at radius 2 is 2.43 bits per heavy atom. The van der Waals surface area contributed by atoms with Gasteiger partial charge in [-0.25, -0.2) is 4.98 Å². The van der Waals surface area contributed by atoms with E-state index in [1.54, 1.807) is 6.20 Å². The van der Waals surface area contributed by atoms with Gasteiger partial charge in [0.1, 0.15) is 0 Å². The lowest BCUT2D eigenvalue weighted by Gasteiger charge is -2.32. The van der Waals surface area contributed by atoms with Crippen molar-refractivity contribution < 1.29 is 0 Å². The van der Waals surface area contributed by atoms with Gasteiger partial charge >= 0.3 is 0 Å². The first-order valence-corrected chi connectivity index (χ1v) is 4.79. The summed E-state index contributed by atoms with van der Waals surface area (Å²) >= 11 is 0. The van der Waals surface area contributed by atoms with Crippen LogP contribution in [0.25, 0.3) is 0 Å². The van der Waals surface area contributed by atoms with E-state index in [0.29, 0.717) is 17.8 Å². The van der Waals surface area contributed by atoms with Gasteiger partial charge in [0, 0.05) is 25.0 Å². The van der Waals surface area contributed by atoms with Crippen molar-refractivity contribution in [3.05, 3.63) is 22.7 Å². The first-order chi connectivity index (χ1) is 6.75. The lowest BCUT2D eigenvalue weighted by molar-refractivity contribution is 0.280. The molecule has 5 heteroatoms. The quantitative estimate of drug-likeness (QED) is 0.628. The molecular weight excluding hydrogens is 180 g/mol. The Bertz CT molecular complexity index is 356. The fraction of sp³-hybridized carbons (Fsp3) is 0.556. The Morgan fingerprint density at radius 1 is 1.64 bits per heavy atom. The van der Waals surface area contributed by atoms with Gasteiger partial charge in [0.15, 0.2) is 5.82 Å². The van der Waals surface area contributed by atoms with Crippen molar-refractivity contribution in [1.29, 1.82) is 0 Å². The average molecular weight is 194 g/mol. The minimum Gasteiger partial charge on any atom is -0.365 e. The number of H-pyrrole nitrogens is 1. The van der Waals surface area contributed by atoms with Crippen LogP contribution in [0.15, 0.2) is 17.2 Å². The minimum atomic E-state index is -0.170. The number of nitrogens with two attached hydrogens (primary N) is 1. The van der Waals surface area contributed by atoms with Crippen LogP contribution in [0.5, 0.6) is 0 Å². The van der Waals surface area contributed by atoms with Gasteiger partial charge in [0.25, 0.3) is 5.56 Å². The number of aromatic nitrogens is 2. The van der Waals surface area contributed by atoms with E-state index in [-0.39, 0.29) is 5.56 Å². The molecule has 0 atom stereocenters. The van der Waals surface area contributed by atoms with Gasteiger partial charge in [-0.05, 0) is 18.8 Å². The second-order valence-corrected chi connectivity index (χ2v) is 3.75. The molecule has 1 aliphatic rings. The second kappa shape index (κ2) is 3.79. The molecule has 1 heterocycles. The maximum atomic E-state index is 11.2. The third kappa shape index (κ3) is 1.93. The van der Waals surface area contributed by atoms with Gasteiger partial charge in [-0.1, -0.05) is 0 Å². The summed E-state index contributed by atoms with van der Waals surface area (Å²) in [5.74, 6) is 0.986. The van der Waals surface area contributed by atoms with Gasteiger partial charge in [-0.3, -0.25) is 4.79 Å². The molecule has 1 aromatic heterocycles. The molecule has 0 radical (unpaired) electrons. The van der Waals surface area contributed by atoms with Crippen LogP contribution in [-0.4, -0.2) is 22.6 Å². The maximum Gasteiger partial charge on any atom is 0.290 e. The predicted molar refractivity (Wildman–Crippen MR) is 54.0 cm³/mol. The van der Waals surface area contributed by atoms with Crippen LogP contribution >= 0.6 is 0 Å². The highest BCUT2D eigenvalue weighted by Crippen LogP contribution is 2.24. The van der Waals surface area contributed by atoms with Crippen molar-refractivity contribution in [2.75, 3.05) is 11.9 Å². The highest BCUT2D eigenvalue weighted by atomic mass is 16.1. The molecular formula is C9H14N4O. The van der Waals surface area contributed by atoms with Crippen molar-refractivity contribution in [2.45, 2.75) is 18.9 Å². The van der Waals surface area contributed by atoms with Crippen LogP contribution < -0.4 is 16.6 Å². The highest BCUT2D eigenvalue weighted by molar-refractivity contribution is 5.30. The number of rotatable bonds is 3. The van der Waals surface area contributed by atoms with Crippen molar-refractivity contribution in [3.63, 3.8) is 0 Å². The van der Waals surface area contributed by atoms with E-state index >= 15 is 0 Å². The van der Waals surface area contributed by atoms with E-state index in [2.05, 4.69) is 15.3 Å². The summed E-state index contributed by atoms with van der Waals surface area (Å²) in [5, 5.41) is 3.02. The zero-order chi connectivity index (χ0) is 9.97. The summed E-state index contributed by atoms with van der Waals surface area (Å²) < 4.78 is 0. The Morgan fingerprint density at radius 3 is 3.07 bits per heavy atom. The summed E-state index contributed by atoms with van der Waals surface area (Å²) in [4.78, 5) is 17.7. The molecule has 76 valence electrons. The Hall–Kier alpha value is -1.36. The topological polar surface area (TPSA) is 83.8 Å². The van der Waals surface area contributed by atoms with E-state index < -0.39 is 0 Å². The Balaban J connectivity index is 1.86. The van der Waals surface area contributed by atoms with E-state index in [0.717, 1.165) is 19.4 Å². The molecule has 0 aliphatic heterocycles. The predicted octanol–water partition coefficient (Wildman–Crippen LogP) is -0.0809. The van der Waals surface area contributed by atoms with E-state index in [4.69, 9.17) is 5.73 Å². The second-order valence-electron chi connectivity index (χ2n) is 3.75. The van der Waals surface area contributed by atoms with Gasteiger partial charge in [-0.15, -0.1) is 0 Å². The molecule has 4 N–H and O–H groups in total. The molecule has 0 amide bonds. The molecule has 14 heavy (non-hydrogen) atoms. The highest BCUT2D eigenvalue weighted by Gasteiger charge is 2.25. The van der Waals surface area contributed by atoms with Crippen LogP contribution in [0.4, 0.5) is 5.82 Å². The molecule has 2 rings (SSSR count). The van der Waals surface area contributed by atoms with Crippen LogP contribution in [0.3, 0.4) is 0 Å². The van der Waals surface area contributed by atoms with E-state index in [9.17, 15) is 4.79 Å². The van der Waals surface area contributed by atoms with Crippen molar-refractivity contribution in [3.8, 4) is 0 Å². The van der Waals surface area contributed by atoms with Crippen molar-refractivity contribution >= 4 is 5.82 Å². The molecule has 0 aromatic carbocycles. The van der Waals surface area contributed by atoms with Crippen LogP contribution in [-0.2, 0) is 0 Å². The van der Waals surface area contributed by atoms with Gasteiger partial charge in [0.2, 0.25) is 0 Å². The Kier molecular flexibility index (Phi) is 2.49. The number of aromatic amines is 1. The average Bonchev–Trinajstić information content (AvgIpc) is 2.13. The Labute approximate surface area is 81.7 Å². The molecule has 0 saturated heterocycles. The lowest BCUT2D eigenvalue weighted by Crippen LogP contribution is -2.40. The molecule has 1 aromatic rings. The standard InChI is InChI=1S/C9H14N4O/c10-7-3-6(4-7)5-13-8-9(14)12-2-1-11-8/h1-2,6-7H,3-5,10H2,(H,11,13)(H,12,14). The number of nitrogens with zero attached hydrogens (tertiary/aromatic N) is 1. The monoisotopic (exact) mass is 194 g/mol. The van der Waals surface area contributed by atoms with E-state index in [1.807, 2.05) is 0 Å². The molecule has 1 saturated carbocycles. The van der Waals surface area contributed by atoms with Gasteiger partial charge in [-0.2, -0.15) is 0 Å². The molecule has 0 bridgehead atoms. The summed E-state index contributed by atoms with van der Waals surface area (Å²) in [6, 6.07) is 0.351. The van der Waals surface area contributed by atoms with Crippen molar-refractivity contribution in [1.82, 2.24) is 9.97 Å². The number of hydrogen-bond donors (Lipinski definition) is 3. The lowest BCUT2D eigenvalue weighted by atomic mass is 9.81. The summed E-state index contributed by atoms with van der Waals surface area (Å²) in [6.07, 6.45) is 5.17.